The van der Waals surface area contributed by atoms with Gasteiger partial charge in [0.05, 0.1) is 17.1 Å². The summed E-state index contributed by atoms with van der Waals surface area (Å²) in [4.78, 5) is 0. The van der Waals surface area contributed by atoms with Gasteiger partial charge in [-0.15, -0.1) is 0 Å². The van der Waals surface area contributed by atoms with Crippen LogP contribution in [-0.4, -0.2) is 10.2 Å². The molecule has 0 heterocycles. The highest BCUT2D eigenvalue weighted by molar-refractivity contribution is 6.09. The third-order valence-corrected chi connectivity index (χ3v) is 5.27. The summed E-state index contributed by atoms with van der Waals surface area (Å²) in [6.07, 6.45) is 0. The molecule has 0 atom stereocenters. The van der Waals surface area contributed by atoms with Gasteiger partial charge in [-0.25, -0.2) is 0 Å². The van der Waals surface area contributed by atoms with Crippen molar-refractivity contribution in [3.8, 4) is 44.9 Å². The number of nitrogen functional groups attached to an aromatic ring is 3. The zero-order chi connectivity index (χ0) is 21.4. The maximum absolute atomic E-state index is 9.70. The van der Waals surface area contributed by atoms with Crippen LogP contribution in [0.1, 0.15) is 5.56 Å². The lowest BCUT2D eigenvalue weighted by Crippen LogP contribution is -2.06. The van der Waals surface area contributed by atoms with Crippen LogP contribution in [-0.2, 0) is 0 Å². The molecule has 0 fully saturated rings. The summed E-state index contributed by atoms with van der Waals surface area (Å²) in [5.74, 6) is 0.313. The van der Waals surface area contributed by atoms with Crippen molar-refractivity contribution < 1.29 is 10.2 Å². The second kappa shape index (κ2) is 7.37. The normalized spacial score (nSPS) is 10.8. The molecule has 5 heteroatoms. The van der Waals surface area contributed by atoms with Gasteiger partial charge in [0, 0.05) is 16.7 Å². The average Bonchev–Trinajstić information content (AvgIpc) is 2.72. The molecule has 0 spiro atoms. The number of phenolic OH excluding ortho intramolecular Hbond substituents is 2. The van der Waals surface area contributed by atoms with Crippen LogP contribution in [0, 0.1) is 6.92 Å². The first-order valence-electron chi connectivity index (χ1n) is 9.53. The first-order chi connectivity index (χ1) is 14.4. The van der Waals surface area contributed by atoms with Crippen molar-refractivity contribution in [1.29, 1.82) is 0 Å². The van der Waals surface area contributed by atoms with Crippen molar-refractivity contribution in [3.05, 3.63) is 78.4 Å². The van der Waals surface area contributed by atoms with Crippen LogP contribution in [0.25, 0.3) is 33.4 Å². The molecule has 0 saturated heterocycles. The Morgan fingerprint density at radius 1 is 0.467 bits per heavy atom. The van der Waals surface area contributed by atoms with Crippen LogP contribution < -0.4 is 17.2 Å². The number of benzene rings is 4. The van der Waals surface area contributed by atoms with E-state index >= 15 is 0 Å². The summed E-state index contributed by atoms with van der Waals surface area (Å²) < 4.78 is 0. The van der Waals surface area contributed by atoms with E-state index in [0.29, 0.717) is 33.8 Å². The molecule has 150 valence electrons. The molecule has 0 bridgehead atoms. The Hall–Kier alpha value is -4.12. The molecule has 4 aromatic carbocycles. The van der Waals surface area contributed by atoms with Gasteiger partial charge in [0.1, 0.15) is 11.5 Å². The van der Waals surface area contributed by atoms with Crippen molar-refractivity contribution in [2.75, 3.05) is 17.2 Å². The van der Waals surface area contributed by atoms with Gasteiger partial charge in [-0.05, 0) is 47.9 Å². The smallest absolute Gasteiger partial charge is 0.115 e. The number of hydrogen-bond donors (Lipinski definition) is 5. The SMILES string of the molecule is Cc1ccc(-c2c(N)c(-c3ccc(O)cc3)c(N)c(-c3ccc(O)cc3)c2N)cc1. The van der Waals surface area contributed by atoms with Crippen LogP contribution in [0.2, 0.25) is 0 Å². The number of hydrogen-bond acceptors (Lipinski definition) is 5. The minimum Gasteiger partial charge on any atom is -0.508 e. The van der Waals surface area contributed by atoms with Gasteiger partial charge in [-0.2, -0.15) is 0 Å². The summed E-state index contributed by atoms with van der Waals surface area (Å²) in [5.41, 5.74) is 26.8. The van der Waals surface area contributed by atoms with Crippen molar-refractivity contribution >= 4 is 17.1 Å². The lowest BCUT2D eigenvalue weighted by Gasteiger charge is -2.22. The first-order valence-corrected chi connectivity index (χ1v) is 9.53. The average molecular weight is 397 g/mol. The number of anilines is 3. The Labute approximate surface area is 175 Å². The lowest BCUT2D eigenvalue weighted by molar-refractivity contribution is 0.475. The molecule has 30 heavy (non-hydrogen) atoms. The molecule has 0 aliphatic rings. The van der Waals surface area contributed by atoms with Crippen LogP contribution in [0.15, 0.2) is 72.8 Å². The predicted molar refractivity (Wildman–Crippen MR) is 124 cm³/mol. The zero-order valence-electron chi connectivity index (χ0n) is 16.6. The van der Waals surface area contributed by atoms with E-state index in [1.165, 1.54) is 0 Å². The summed E-state index contributed by atoms with van der Waals surface area (Å²) in [6, 6.07) is 21.4. The van der Waals surface area contributed by atoms with Gasteiger partial charge in [-0.3, -0.25) is 0 Å². The molecule has 0 aliphatic heterocycles. The molecule has 8 N–H and O–H groups in total. The highest BCUT2D eigenvalue weighted by Gasteiger charge is 2.22. The third-order valence-electron chi connectivity index (χ3n) is 5.27. The number of aromatic hydroxyl groups is 2. The molecule has 0 aromatic heterocycles. The molecule has 0 saturated carbocycles. The molecule has 5 nitrogen and oxygen atoms in total. The zero-order valence-corrected chi connectivity index (χ0v) is 16.6. The number of rotatable bonds is 3. The second-order valence-electron chi connectivity index (χ2n) is 7.33. The van der Waals surface area contributed by atoms with E-state index in [-0.39, 0.29) is 11.5 Å². The first kappa shape index (κ1) is 19.2. The van der Waals surface area contributed by atoms with Crippen molar-refractivity contribution in [1.82, 2.24) is 0 Å². The predicted octanol–water partition coefficient (Wildman–Crippen LogP) is 5.15. The summed E-state index contributed by atoms with van der Waals surface area (Å²) >= 11 is 0. The maximum atomic E-state index is 9.70. The number of aryl methyl sites for hydroxylation is 1. The Kier molecular flexibility index (Phi) is 4.72. The Morgan fingerprint density at radius 3 is 1.03 bits per heavy atom. The van der Waals surface area contributed by atoms with E-state index in [0.717, 1.165) is 22.3 Å². The van der Waals surface area contributed by atoms with Gasteiger partial charge in [0.2, 0.25) is 0 Å². The van der Waals surface area contributed by atoms with Gasteiger partial charge >= 0.3 is 0 Å². The summed E-state index contributed by atoms with van der Waals surface area (Å²) in [6.45, 7) is 2.02. The van der Waals surface area contributed by atoms with E-state index < -0.39 is 0 Å². The van der Waals surface area contributed by atoms with E-state index in [4.69, 9.17) is 17.2 Å². The molecular weight excluding hydrogens is 374 g/mol. The van der Waals surface area contributed by atoms with Gasteiger partial charge in [-0.1, -0.05) is 54.1 Å². The Balaban J connectivity index is 2.08. The van der Waals surface area contributed by atoms with E-state index in [2.05, 4.69) is 0 Å². The lowest BCUT2D eigenvalue weighted by atomic mass is 9.87. The van der Waals surface area contributed by atoms with Gasteiger partial charge in [0.15, 0.2) is 0 Å². The van der Waals surface area contributed by atoms with Crippen LogP contribution in [0.4, 0.5) is 17.1 Å². The Bertz CT molecular complexity index is 1040. The fourth-order valence-electron chi connectivity index (χ4n) is 3.72. The number of phenols is 2. The van der Waals surface area contributed by atoms with Crippen molar-refractivity contribution in [2.45, 2.75) is 6.92 Å². The molecule has 0 amide bonds. The van der Waals surface area contributed by atoms with Gasteiger partial charge in [0.25, 0.3) is 0 Å². The second-order valence-corrected chi connectivity index (χ2v) is 7.33. The monoisotopic (exact) mass is 397 g/mol. The highest BCUT2D eigenvalue weighted by Crippen LogP contribution is 2.49. The molecule has 0 unspecified atom stereocenters. The van der Waals surface area contributed by atoms with E-state index in [1.807, 2.05) is 31.2 Å². The van der Waals surface area contributed by atoms with Crippen LogP contribution >= 0.6 is 0 Å². The maximum Gasteiger partial charge on any atom is 0.115 e. The fraction of sp³-hybridized carbons (Fsp3) is 0.0400. The molecule has 0 aliphatic carbocycles. The summed E-state index contributed by atoms with van der Waals surface area (Å²) in [5, 5.41) is 19.4. The van der Waals surface area contributed by atoms with Gasteiger partial charge < -0.3 is 27.4 Å². The Morgan fingerprint density at radius 2 is 0.733 bits per heavy atom. The minimum atomic E-state index is 0.156. The van der Waals surface area contributed by atoms with Crippen molar-refractivity contribution in [2.24, 2.45) is 0 Å². The minimum absolute atomic E-state index is 0.156. The third kappa shape index (κ3) is 3.26. The largest absolute Gasteiger partial charge is 0.508 e. The standard InChI is InChI=1S/C25H23N3O2/c1-14-2-4-15(5-3-14)20-23(26)21(16-6-10-18(29)11-7-16)25(28)22(24(20)27)17-8-12-19(30)13-9-17/h2-13,29-30H,26-28H2,1H3. The summed E-state index contributed by atoms with van der Waals surface area (Å²) in [7, 11) is 0. The molecule has 4 rings (SSSR count). The molecular formula is C25H23N3O2. The van der Waals surface area contributed by atoms with Crippen LogP contribution in [0.5, 0.6) is 11.5 Å². The quantitative estimate of drug-likeness (QED) is 0.306. The topological polar surface area (TPSA) is 119 Å². The molecule has 4 aromatic rings. The number of nitrogens with two attached hydrogens (primary N) is 3. The van der Waals surface area contributed by atoms with E-state index in [9.17, 15) is 10.2 Å². The fourth-order valence-corrected chi connectivity index (χ4v) is 3.72. The highest BCUT2D eigenvalue weighted by atomic mass is 16.3. The molecule has 0 radical (unpaired) electrons. The van der Waals surface area contributed by atoms with E-state index in [1.54, 1.807) is 48.5 Å². The van der Waals surface area contributed by atoms with Crippen LogP contribution in [0.3, 0.4) is 0 Å². The van der Waals surface area contributed by atoms with Crippen molar-refractivity contribution in [3.63, 3.8) is 0 Å².